The predicted molar refractivity (Wildman–Crippen MR) is 68.7 cm³/mol. The van der Waals surface area contributed by atoms with E-state index in [4.69, 9.17) is 6.42 Å². The van der Waals surface area contributed by atoms with Gasteiger partial charge in [-0.25, -0.2) is 4.79 Å². The summed E-state index contributed by atoms with van der Waals surface area (Å²) in [5, 5.41) is 13.5. The number of aromatic nitrogens is 2. The van der Waals surface area contributed by atoms with Crippen molar-refractivity contribution in [1.29, 1.82) is 0 Å². The Morgan fingerprint density at radius 2 is 2.33 bits per heavy atom. The number of aryl methyl sites for hydroxylation is 2. The minimum Gasteiger partial charge on any atom is -0.477 e. The number of carbonyl (C=O) groups is 1. The van der Waals surface area contributed by atoms with Crippen LogP contribution in [0.15, 0.2) is 0 Å². The van der Waals surface area contributed by atoms with E-state index < -0.39 is 5.97 Å². The highest BCUT2D eigenvalue weighted by Gasteiger charge is 2.29. The van der Waals surface area contributed by atoms with E-state index in [9.17, 15) is 9.90 Å². The molecule has 0 unspecified atom stereocenters. The Hall–Kier alpha value is -1.96. The molecule has 5 nitrogen and oxygen atoms in total. The quantitative estimate of drug-likeness (QED) is 0.796. The second-order valence-electron chi connectivity index (χ2n) is 4.74. The predicted octanol–water partition coefficient (Wildman–Crippen LogP) is 1.28. The van der Waals surface area contributed by atoms with Gasteiger partial charge >= 0.3 is 5.97 Å². The van der Waals surface area contributed by atoms with Gasteiger partial charge in [0.05, 0.1) is 12.2 Å². The molecule has 0 bridgehead atoms. The summed E-state index contributed by atoms with van der Waals surface area (Å²) in [6.07, 6.45) is 7.77. The van der Waals surface area contributed by atoms with Crippen molar-refractivity contribution in [3.05, 3.63) is 11.3 Å². The molecule has 1 saturated carbocycles. The second kappa shape index (κ2) is 4.73. The lowest BCUT2D eigenvalue weighted by molar-refractivity contribution is 0.0696. The number of carboxylic acid groups (broad SMARTS) is 1. The van der Waals surface area contributed by atoms with Gasteiger partial charge in [-0.1, -0.05) is 5.92 Å². The van der Waals surface area contributed by atoms with Crippen molar-refractivity contribution < 1.29 is 9.90 Å². The highest BCUT2D eigenvalue weighted by Crippen LogP contribution is 2.32. The van der Waals surface area contributed by atoms with Crippen LogP contribution in [0.25, 0.3) is 0 Å². The van der Waals surface area contributed by atoms with Gasteiger partial charge in [0.1, 0.15) is 11.4 Å². The largest absolute Gasteiger partial charge is 0.477 e. The second-order valence-corrected chi connectivity index (χ2v) is 4.74. The average Bonchev–Trinajstić information content (AvgIpc) is 3.02. The molecule has 1 aromatic rings. The molecule has 1 N–H and O–H groups in total. The maximum atomic E-state index is 11.3. The Morgan fingerprint density at radius 3 is 2.83 bits per heavy atom. The van der Waals surface area contributed by atoms with Crippen molar-refractivity contribution in [1.82, 2.24) is 9.78 Å². The van der Waals surface area contributed by atoms with Crippen molar-refractivity contribution in [2.75, 3.05) is 18.0 Å². The van der Waals surface area contributed by atoms with Crippen LogP contribution in [-0.4, -0.2) is 33.9 Å². The minimum atomic E-state index is -0.951. The molecule has 1 aliphatic carbocycles. The Balaban J connectivity index is 2.38. The number of carboxylic acids is 1. The molecule has 18 heavy (non-hydrogen) atoms. The summed E-state index contributed by atoms with van der Waals surface area (Å²) in [6, 6.07) is 0. The lowest BCUT2D eigenvalue weighted by Gasteiger charge is -2.22. The fourth-order valence-corrected chi connectivity index (χ4v) is 2.21. The third-order valence-electron chi connectivity index (χ3n) is 3.16. The van der Waals surface area contributed by atoms with Crippen LogP contribution in [0.5, 0.6) is 0 Å². The molecule has 1 aromatic heterocycles. The number of nitrogens with zero attached hydrogens (tertiary/aromatic N) is 3. The summed E-state index contributed by atoms with van der Waals surface area (Å²) < 4.78 is 1.61. The van der Waals surface area contributed by atoms with Gasteiger partial charge in [-0.3, -0.25) is 4.68 Å². The number of hydrogen-bond acceptors (Lipinski definition) is 3. The highest BCUT2D eigenvalue weighted by atomic mass is 16.4. The summed E-state index contributed by atoms with van der Waals surface area (Å²) in [5.41, 5.74) is 0.784. The van der Waals surface area contributed by atoms with Crippen LogP contribution in [0.3, 0.4) is 0 Å². The van der Waals surface area contributed by atoms with Gasteiger partial charge in [0.2, 0.25) is 0 Å². The van der Waals surface area contributed by atoms with Gasteiger partial charge < -0.3 is 10.0 Å². The van der Waals surface area contributed by atoms with E-state index >= 15 is 0 Å². The average molecular weight is 247 g/mol. The maximum absolute atomic E-state index is 11.3. The molecular formula is C13H17N3O2. The van der Waals surface area contributed by atoms with Gasteiger partial charge in [-0.15, -0.1) is 6.42 Å². The highest BCUT2D eigenvalue weighted by molar-refractivity contribution is 5.95. The van der Waals surface area contributed by atoms with Crippen LogP contribution >= 0.6 is 0 Å². The fourth-order valence-electron chi connectivity index (χ4n) is 2.21. The molecule has 0 radical (unpaired) electrons. The van der Waals surface area contributed by atoms with Crippen molar-refractivity contribution >= 4 is 11.8 Å². The monoisotopic (exact) mass is 247 g/mol. The normalized spacial score (nSPS) is 14.3. The van der Waals surface area contributed by atoms with Crippen molar-refractivity contribution in [3.63, 3.8) is 0 Å². The molecule has 5 heteroatoms. The van der Waals surface area contributed by atoms with Crippen LogP contribution in [0, 0.1) is 25.2 Å². The Bertz CT molecular complexity index is 509. The Labute approximate surface area is 106 Å². The van der Waals surface area contributed by atoms with Gasteiger partial charge in [0.25, 0.3) is 0 Å². The summed E-state index contributed by atoms with van der Waals surface area (Å²) in [7, 11) is 1.76. The lowest BCUT2D eigenvalue weighted by Crippen LogP contribution is -2.29. The summed E-state index contributed by atoms with van der Waals surface area (Å²) in [6.45, 7) is 2.93. The van der Waals surface area contributed by atoms with Crippen molar-refractivity contribution in [2.24, 2.45) is 13.0 Å². The molecule has 1 heterocycles. The number of hydrogen-bond donors (Lipinski definition) is 1. The molecule has 0 spiro atoms. The van der Waals surface area contributed by atoms with Crippen LogP contribution in [0.4, 0.5) is 5.82 Å². The van der Waals surface area contributed by atoms with E-state index in [0.29, 0.717) is 24.0 Å². The van der Waals surface area contributed by atoms with Gasteiger partial charge in [0.15, 0.2) is 0 Å². The zero-order valence-electron chi connectivity index (χ0n) is 10.7. The summed E-state index contributed by atoms with van der Waals surface area (Å²) in [5.74, 6) is 2.89. The molecule has 0 atom stereocenters. The van der Waals surface area contributed by atoms with Gasteiger partial charge in [0, 0.05) is 13.6 Å². The van der Waals surface area contributed by atoms with Crippen molar-refractivity contribution in [2.45, 2.75) is 19.8 Å². The first-order valence-electron chi connectivity index (χ1n) is 6.00. The molecule has 2 rings (SSSR count). The SMILES string of the molecule is C#CCN(CC1CC1)c1c(C(=O)O)c(C)nn1C. The first-order valence-corrected chi connectivity index (χ1v) is 6.00. The van der Waals surface area contributed by atoms with E-state index in [2.05, 4.69) is 11.0 Å². The van der Waals surface area contributed by atoms with Gasteiger partial charge in [-0.05, 0) is 25.7 Å². The third kappa shape index (κ3) is 2.33. The molecule has 1 fully saturated rings. The molecule has 0 saturated heterocycles. The first-order chi connectivity index (χ1) is 8.54. The van der Waals surface area contributed by atoms with E-state index in [-0.39, 0.29) is 5.56 Å². The standard InChI is InChI=1S/C13H17N3O2/c1-4-7-16(8-10-5-6-10)12-11(13(17)18)9(2)14-15(12)3/h1,10H,5-8H2,2-3H3,(H,17,18). The topological polar surface area (TPSA) is 58.4 Å². The molecule has 0 aromatic carbocycles. The van der Waals surface area contributed by atoms with E-state index in [1.165, 1.54) is 12.8 Å². The van der Waals surface area contributed by atoms with Crippen LogP contribution in [-0.2, 0) is 7.05 Å². The smallest absolute Gasteiger partial charge is 0.341 e. The molecule has 0 amide bonds. The summed E-state index contributed by atoms with van der Waals surface area (Å²) >= 11 is 0. The van der Waals surface area contributed by atoms with Crippen molar-refractivity contribution in [3.8, 4) is 12.3 Å². The summed E-state index contributed by atoms with van der Waals surface area (Å²) in [4.78, 5) is 13.3. The molecule has 0 aliphatic heterocycles. The van der Waals surface area contributed by atoms with E-state index in [1.807, 2.05) is 4.90 Å². The maximum Gasteiger partial charge on any atom is 0.341 e. The lowest BCUT2D eigenvalue weighted by atomic mass is 10.2. The molecular weight excluding hydrogens is 230 g/mol. The number of rotatable bonds is 5. The molecule has 96 valence electrons. The fraction of sp³-hybridized carbons (Fsp3) is 0.538. The Morgan fingerprint density at radius 1 is 1.67 bits per heavy atom. The third-order valence-corrected chi connectivity index (χ3v) is 3.16. The minimum absolute atomic E-state index is 0.258. The Kier molecular flexibility index (Phi) is 3.28. The van der Waals surface area contributed by atoms with Crippen LogP contribution in [0.1, 0.15) is 28.9 Å². The van der Waals surface area contributed by atoms with Crippen LogP contribution in [0.2, 0.25) is 0 Å². The first kappa shape index (κ1) is 12.5. The number of anilines is 1. The zero-order valence-corrected chi connectivity index (χ0v) is 10.7. The van der Waals surface area contributed by atoms with E-state index in [1.54, 1.807) is 18.7 Å². The zero-order chi connectivity index (χ0) is 13.3. The molecule has 1 aliphatic rings. The number of terminal acetylenes is 1. The van der Waals surface area contributed by atoms with E-state index in [0.717, 1.165) is 6.54 Å². The van der Waals surface area contributed by atoms with Gasteiger partial charge in [-0.2, -0.15) is 5.10 Å². The van der Waals surface area contributed by atoms with Crippen LogP contribution < -0.4 is 4.90 Å². The number of aromatic carboxylic acids is 1.